The van der Waals surface area contributed by atoms with Crippen molar-refractivity contribution in [2.45, 2.75) is 13.1 Å². The highest BCUT2D eigenvalue weighted by Crippen LogP contribution is 2.25. The lowest BCUT2D eigenvalue weighted by Crippen LogP contribution is -2.22. The summed E-state index contributed by atoms with van der Waals surface area (Å²) in [5.74, 6) is 0.112. The van der Waals surface area contributed by atoms with Gasteiger partial charge in [-0.1, -0.05) is 6.07 Å². The van der Waals surface area contributed by atoms with Gasteiger partial charge in [0.15, 0.2) is 0 Å². The van der Waals surface area contributed by atoms with Crippen LogP contribution in [0.15, 0.2) is 29.9 Å². The summed E-state index contributed by atoms with van der Waals surface area (Å²) < 4.78 is 13.1. The highest BCUT2D eigenvalue weighted by atomic mass is 32.1. The number of halogens is 1. The average molecular weight is 247 g/mol. The van der Waals surface area contributed by atoms with Gasteiger partial charge in [-0.05, 0) is 17.7 Å². The van der Waals surface area contributed by atoms with Crippen LogP contribution in [-0.4, -0.2) is 15.7 Å². The fraction of sp³-hybridized carbons (Fsp3) is 0.167. The lowest BCUT2D eigenvalue weighted by atomic mass is 10.1. The molecule has 0 saturated heterocycles. The second-order valence-corrected chi connectivity index (χ2v) is 4.94. The van der Waals surface area contributed by atoms with Crippen molar-refractivity contribution in [1.29, 1.82) is 5.41 Å². The van der Waals surface area contributed by atoms with Crippen molar-refractivity contribution in [2.24, 2.45) is 0 Å². The van der Waals surface area contributed by atoms with Crippen molar-refractivity contribution in [2.75, 3.05) is 0 Å². The molecule has 1 aliphatic rings. The van der Waals surface area contributed by atoms with Crippen LogP contribution in [-0.2, 0) is 13.1 Å². The Labute approximate surface area is 102 Å². The number of nitrogens with zero attached hydrogens (tertiary/aromatic N) is 2. The minimum atomic E-state index is -0.284. The van der Waals surface area contributed by atoms with E-state index in [2.05, 4.69) is 4.98 Å². The molecule has 1 aromatic carbocycles. The van der Waals surface area contributed by atoms with E-state index in [1.54, 1.807) is 22.9 Å². The van der Waals surface area contributed by atoms with Gasteiger partial charge in [0.2, 0.25) is 0 Å². The van der Waals surface area contributed by atoms with E-state index >= 15 is 0 Å². The smallest absolute Gasteiger partial charge is 0.129 e. The quantitative estimate of drug-likeness (QED) is 0.886. The van der Waals surface area contributed by atoms with E-state index in [4.69, 9.17) is 5.41 Å². The predicted octanol–water partition coefficient (Wildman–Crippen LogP) is 2.62. The SMILES string of the molecule is N=C1c2cc(F)ccc2CN1Cc1cncs1. The molecule has 0 unspecified atom stereocenters. The first kappa shape index (κ1) is 10.4. The second-order valence-electron chi connectivity index (χ2n) is 3.97. The number of fused-ring (bicyclic) bond motifs is 1. The number of thiazole rings is 1. The van der Waals surface area contributed by atoms with E-state index in [0.29, 0.717) is 24.5 Å². The topological polar surface area (TPSA) is 40.0 Å². The second kappa shape index (κ2) is 3.92. The van der Waals surface area contributed by atoms with E-state index in [1.807, 2.05) is 11.1 Å². The monoisotopic (exact) mass is 247 g/mol. The zero-order valence-electron chi connectivity index (χ0n) is 8.98. The van der Waals surface area contributed by atoms with E-state index in [0.717, 1.165) is 10.4 Å². The average Bonchev–Trinajstić information content (AvgIpc) is 2.91. The Morgan fingerprint density at radius 3 is 3.12 bits per heavy atom. The maximum absolute atomic E-state index is 13.1. The molecular weight excluding hydrogens is 237 g/mol. The molecule has 0 bridgehead atoms. The number of benzene rings is 1. The third-order valence-electron chi connectivity index (χ3n) is 2.83. The van der Waals surface area contributed by atoms with Crippen LogP contribution in [0.3, 0.4) is 0 Å². The van der Waals surface area contributed by atoms with Crippen LogP contribution in [0.25, 0.3) is 0 Å². The van der Waals surface area contributed by atoms with Crippen LogP contribution in [0.5, 0.6) is 0 Å². The molecule has 0 radical (unpaired) electrons. The van der Waals surface area contributed by atoms with Gasteiger partial charge < -0.3 is 4.90 Å². The van der Waals surface area contributed by atoms with Crippen molar-refractivity contribution in [3.05, 3.63) is 51.7 Å². The van der Waals surface area contributed by atoms with Crippen molar-refractivity contribution < 1.29 is 4.39 Å². The number of hydrogen-bond donors (Lipinski definition) is 1. The van der Waals surface area contributed by atoms with Gasteiger partial charge in [-0.25, -0.2) is 4.39 Å². The minimum absolute atomic E-state index is 0.284. The zero-order chi connectivity index (χ0) is 11.8. The van der Waals surface area contributed by atoms with E-state index < -0.39 is 0 Å². The molecular formula is C12H10FN3S. The molecule has 86 valence electrons. The van der Waals surface area contributed by atoms with Crippen molar-refractivity contribution in [3.63, 3.8) is 0 Å². The number of hydrogen-bond acceptors (Lipinski definition) is 3. The number of nitrogens with one attached hydrogen (secondary N) is 1. The standard InChI is InChI=1S/C12H10FN3S/c13-9-2-1-8-5-16(12(14)11(8)3-9)6-10-4-15-7-17-10/h1-4,7,14H,5-6H2. The van der Waals surface area contributed by atoms with Gasteiger partial charge in [-0.3, -0.25) is 10.4 Å². The van der Waals surface area contributed by atoms with Gasteiger partial charge in [-0.2, -0.15) is 0 Å². The summed E-state index contributed by atoms with van der Waals surface area (Å²) in [6.45, 7) is 1.34. The maximum Gasteiger partial charge on any atom is 0.129 e. The molecule has 2 aromatic rings. The molecule has 2 heterocycles. The molecule has 0 atom stereocenters. The molecule has 0 saturated carbocycles. The Bertz CT molecular complexity index is 565. The molecule has 3 rings (SSSR count). The maximum atomic E-state index is 13.1. The van der Waals surface area contributed by atoms with Gasteiger partial charge in [-0.15, -0.1) is 11.3 Å². The summed E-state index contributed by atoms with van der Waals surface area (Å²) in [5, 5.41) is 8.03. The fourth-order valence-electron chi connectivity index (χ4n) is 2.01. The molecule has 5 heteroatoms. The number of rotatable bonds is 2. The Balaban J connectivity index is 1.86. The predicted molar refractivity (Wildman–Crippen MR) is 64.6 cm³/mol. The molecule has 1 aromatic heterocycles. The molecule has 1 N–H and O–H groups in total. The molecule has 0 spiro atoms. The van der Waals surface area contributed by atoms with E-state index in [1.165, 1.54) is 12.1 Å². The number of aromatic nitrogens is 1. The van der Waals surface area contributed by atoms with Gasteiger partial charge in [0.1, 0.15) is 11.7 Å². The molecule has 17 heavy (non-hydrogen) atoms. The first-order chi connectivity index (χ1) is 8.24. The van der Waals surface area contributed by atoms with E-state index in [9.17, 15) is 4.39 Å². The molecule has 0 amide bonds. The lowest BCUT2D eigenvalue weighted by molar-refractivity contribution is 0.426. The Hall–Kier alpha value is -1.75. The van der Waals surface area contributed by atoms with Crippen LogP contribution in [0.4, 0.5) is 4.39 Å². The highest BCUT2D eigenvalue weighted by Gasteiger charge is 2.24. The summed E-state index contributed by atoms with van der Waals surface area (Å²) >= 11 is 1.57. The summed E-state index contributed by atoms with van der Waals surface area (Å²) in [6.07, 6.45) is 1.81. The molecule has 0 fully saturated rings. The van der Waals surface area contributed by atoms with Gasteiger partial charge in [0, 0.05) is 23.2 Å². The number of amidine groups is 1. The third kappa shape index (κ3) is 1.82. The van der Waals surface area contributed by atoms with Crippen molar-refractivity contribution >= 4 is 17.2 Å². The summed E-state index contributed by atoms with van der Waals surface area (Å²) in [6, 6.07) is 4.64. The lowest BCUT2D eigenvalue weighted by Gasteiger charge is -2.16. The fourth-order valence-corrected chi connectivity index (χ4v) is 2.61. The third-order valence-corrected chi connectivity index (χ3v) is 3.60. The van der Waals surface area contributed by atoms with Gasteiger partial charge in [0.05, 0.1) is 12.1 Å². The van der Waals surface area contributed by atoms with Crippen molar-refractivity contribution in [1.82, 2.24) is 9.88 Å². The van der Waals surface area contributed by atoms with Crippen LogP contribution >= 0.6 is 11.3 Å². The normalized spacial score (nSPS) is 14.2. The summed E-state index contributed by atoms with van der Waals surface area (Å²) in [5.41, 5.74) is 3.50. The Kier molecular flexibility index (Phi) is 2.40. The van der Waals surface area contributed by atoms with Gasteiger partial charge in [0.25, 0.3) is 0 Å². The first-order valence-electron chi connectivity index (χ1n) is 5.24. The largest absolute Gasteiger partial charge is 0.347 e. The first-order valence-corrected chi connectivity index (χ1v) is 6.11. The summed E-state index contributed by atoms with van der Waals surface area (Å²) in [7, 11) is 0. The molecule has 3 nitrogen and oxygen atoms in total. The van der Waals surface area contributed by atoms with Crippen LogP contribution in [0.1, 0.15) is 16.0 Å². The molecule has 0 aliphatic carbocycles. The van der Waals surface area contributed by atoms with Crippen LogP contribution < -0.4 is 0 Å². The van der Waals surface area contributed by atoms with Gasteiger partial charge >= 0.3 is 0 Å². The zero-order valence-corrected chi connectivity index (χ0v) is 9.80. The minimum Gasteiger partial charge on any atom is -0.347 e. The Morgan fingerprint density at radius 2 is 2.35 bits per heavy atom. The van der Waals surface area contributed by atoms with Crippen molar-refractivity contribution in [3.8, 4) is 0 Å². The Morgan fingerprint density at radius 1 is 1.47 bits per heavy atom. The highest BCUT2D eigenvalue weighted by molar-refractivity contribution is 7.09. The van der Waals surface area contributed by atoms with E-state index in [-0.39, 0.29) is 5.82 Å². The summed E-state index contributed by atoms with van der Waals surface area (Å²) in [4.78, 5) is 7.06. The van der Waals surface area contributed by atoms with Crippen LogP contribution in [0.2, 0.25) is 0 Å². The van der Waals surface area contributed by atoms with Crippen LogP contribution in [0, 0.1) is 11.2 Å². The molecule has 1 aliphatic heterocycles.